The van der Waals surface area contributed by atoms with Crippen molar-refractivity contribution in [2.45, 2.75) is 37.5 Å². The number of ether oxygens (including phenoxy) is 2. The van der Waals surface area contributed by atoms with Crippen molar-refractivity contribution in [2.24, 2.45) is 0 Å². The minimum absolute atomic E-state index is 0. The number of benzene rings is 4. The van der Waals surface area contributed by atoms with E-state index >= 15 is 0 Å². The van der Waals surface area contributed by atoms with Crippen LogP contribution in [0.15, 0.2) is 97.1 Å². The molecule has 0 radical (unpaired) electrons. The third-order valence-corrected chi connectivity index (χ3v) is 9.17. The summed E-state index contributed by atoms with van der Waals surface area (Å²) in [6, 6.07) is 33.5. The lowest BCUT2D eigenvalue weighted by atomic mass is 10.0. The standard InChI is InChI=1S/2C17H16ClNO.2C2H2O4.H2O/c2*18-13-6-7-14-15(8-13)17-11-19(10-16(14)20-17)9-12-4-2-1-3-5-12;2*3-1(4)2(5)6;/h2*1-8,16-17H,9-11H2;2*(H,3,4)(H,5,6);1H2. The van der Waals surface area contributed by atoms with E-state index in [9.17, 15) is 0 Å². The summed E-state index contributed by atoms with van der Waals surface area (Å²) in [6.45, 7) is 5.77. The van der Waals surface area contributed by atoms with Crippen LogP contribution in [0.4, 0.5) is 0 Å². The zero-order valence-corrected chi connectivity index (χ0v) is 29.7. The number of fused-ring (bicyclic) bond motifs is 10. The minimum atomic E-state index is -1.82. The molecule has 4 aliphatic rings. The molecule has 13 nitrogen and oxygen atoms in total. The van der Waals surface area contributed by atoms with E-state index in [1.165, 1.54) is 33.4 Å². The molecule has 15 heteroatoms. The van der Waals surface area contributed by atoms with E-state index in [4.69, 9.17) is 72.3 Å². The summed E-state index contributed by atoms with van der Waals surface area (Å²) in [5, 5.41) is 31.2. The smallest absolute Gasteiger partial charge is 0.414 e. The van der Waals surface area contributed by atoms with Gasteiger partial charge in [-0.15, -0.1) is 0 Å². The van der Waals surface area contributed by atoms with E-state index in [1.807, 2.05) is 12.1 Å². The number of carboxylic acids is 4. The molecule has 0 spiro atoms. The first-order valence-electron chi connectivity index (χ1n) is 16.2. The van der Waals surface area contributed by atoms with E-state index in [0.29, 0.717) is 0 Å². The normalized spacial score (nSPS) is 20.3. The molecule has 53 heavy (non-hydrogen) atoms. The Labute approximate surface area is 314 Å². The SMILES string of the molecule is Clc1ccc2c(c1)C1CN(Cc3ccccc3)CC2O1.Clc1ccc2c(c1)C1CN(Cc3ccccc3)CC2O1.O.O=C(O)C(=O)O.O=C(O)C(=O)O. The average molecular weight is 770 g/mol. The van der Waals surface area contributed by atoms with E-state index in [2.05, 4.69) is 94.7 Å². The molecule has 0 aliphatic carbocycles. The Morgan fingerprint density at radius 2 is 0.811 bits per heavy atom. The van der Waals surface area contributed by atoms with Crippen molar-refractivity contribution in [2.75, 3.05) is 26.2 Å². The lowest BCUT2D eigenvalue weighted by molar-refractivity contribution is -0.159. The van der Waals surface area contributed by atoms with E-state index in [1.54, 1.807) is 0 Å². The highest BCUT2D eigenvalue weighted by atomic mass is 35.5. The summed E-state index contributed by atoms with van der Waals surface area (Å²) in [6.07, 6.45) is 0.742. The molecule has 4 heterocycles. The summed E-state index contributed by atoms with van der Waals surface area (Å²) < 4.78 is 12.2. The lowest BCUT2D eigenvalue weighted by Crippen LogP contribution is -2.35. The Hall–Kier alpha value is -4.86. The van der Waals surface area contributed by atoms with Crippen LogP contribution in [0, 0.1) is 0 Å². The van der Waals surface area contributed by atoms with Crippen molar-refractivity contribution in [3.8, 4) is 0 Å². The molecular weight excluding hydrogens is 731 g/mol. The summed E-state index contributed by atoms with van der Waals surface area (Å²) in [5.74, 6) is -7.30. The molecule has 4 aromatic rings. The molecule has 4 bridgehead atoms. The Kier molecular flexibility index (Phi) is 14.5. The molecule has 0 amide bonds. The first-order chi connectivity index (χ1) is 24.9. The number of halogens is 2. The summed E-state index contributed by atoms with van der Waals surface area (Å²) >= 11 is 12.2. The second kappa shape index (κ2) is 18.8. The van der Waals surface area contributed by atoms with Crippen LogP contribution in [0.5, 0.6) is 0 Å². The van der Waals surface area contributed by atoms with Gasteiger partial charge < -0.3 is 35.4 Å². The van der Waals surface area contributed by atoms with Crippen molar-refractivity contribution < 1.29 is 54.6 Å². The molecule has 8 rings (SSSR count). The number of hydrogen-bond acceptors (Lipinski definition) is 8. The first-order valence-corrected chi connectivity index (χ1v) is 17.0. The van der Waals surface area contributed by atoms with Gasteiger partial charge in [0.1, 0.15) is 0 Å². The molecule has 2 fully saturated rings. The van der Waals surface area contributed by atoms with Gasteiger partial charge in [-0.2, -0.15) is 0 Å². The third kappa shape index (κ3) is 11.1. The molecule has 280 valence electrons. The van der Waals surface area contributed by atoms with Gasteiger partial charge in [0.2, 0.25) is 0 Å². The summed E-state index contributed by atoms with van der Waals surface area (Å²) in [5.41, 5.74) is 7.90. The van der Waals surface area contributed by atoms with Gasteiger partial charge in [0.25, 0.3) is 0 Å². The molecule has 4 unspecified atom stereocenters. The van der Waals surface area contributed by atoms with Gasteiger partial charge in [-0.25, -0.2) is 19.2 Å². The van der Waals surface area contributed by atoms with Crippen LogP contribution < -0.4 is 0 Å². The van der Waals surface area contributed by atoms with Crippen LogP contribution in [0.1, 0.15) is 57.8 Å². The maximum absolute atomic E-state index is 9.10. The molecule has 4 aromatic carbocycles. The van der Waals surface area contributed by atoms with Crippen molar-refractivity contribution in [1.29, 1.82) is 0 Å². The van der Waals surface area contributed by atoms with Crippen LogP contribution in [-0.4, -0.2) is 85.8 Å². The molecule has 4 aliphatic heterocycles. The Bertz CT molecular complexity index is 1740. The largest absolute Gasteiger partial charge is 0.473 e. The number of carboxylic acid groups (broad SMARTS) is 4. The van der Waals surface area contributed by atoms with E-state index in [0.717, 1.165) is 49.3 Å². The highest BCUT2D eigenvalue weighted by molar-refractivity contribution is 6.31. The maximum Gasteiger partial charge on any atom is 0.414 e. The molecule has 4 atom stereocenters. The Balaban J connectivity index is 0.000000180. The fourth-order valence-corrected chi connectivity index (χ4v) is 6.88. The predicted molar refractivity (Wildman–Crippen MR) is 194 cm³/mol. The van der Waals surface area contributed by atoms with Gasteiger partial charge >= 0.3 is 23.9 Å². The van der Waals surface area contributed by atoms with E-state index in [-0.39, 0.29) is 29.9 Å². The number of rotatable bonds is 4. The van der Waals surface area contributed by atoms with Gasteiger partial charge in [0, 0.05) is 49.3 Å². The lowest BCUT2D eigenvalue weighted by Gasteiger charge is -2.32. The van der Waals surface area contributed by atoms with Gasteiger partial charge in [0.15, 0.2) is 0 Å². The summed E-state index contributed by atoms with van der Waals surface area (Å²) in [7, 11) is 0. The molecule has 6 N–H and O–H groups in total. The Morgan fingerprint density at radius 1 is 0.509 bits per heavy atom. The molecule has 0 aromatic heterocycles. The van der Waals surface area contributed by atoms with Crippen molar-refractivity contribution in [3.63, 3.8) is 0 Å². The second-order valence-electron chi connectivity index (χ2n) is 12.4. The van der Waals surface area contributed by atoms with Gasteiger partial charge in [-0.1, -0.05) is 96.0 Å². The van der Waals surface area contributed by atoms with Crippen molar-refractivity contribution in [1.82, 2.24) is 9.80 Å². The molecule has 0 saturated carbocycles. The number of hydrogen-bond donors (Lipinski definition) is 4. The number of aliphatic carboxylic acids is 4. The fraction of sp³-hybridized carbons (Fsp3) is 0.263. The number of morpholine rings is 2. The summed E-state index contributed by atoms with van der Waals surface area (Å²) in [4.78, 5) is 41.3. The van der Waals surface area contributed by atoms with E-state index < -0.39 is 23.9 Å². The van der Waals surface area contributed by atoms with Crippen LogP contribution in [0.3, 0.4) is 0 Å². The highest BCUT2D eigenvalue weighted by Gasteiger charge is 2.39. The topological polar surface area (TPSA) is 206 Å². The monoisotopic (exact) mass is 768 g/mol. The van der Waals surface area contributed by atoms with Gasteiger partial charge in [-0.3, -0.25) is 9.80 Å². The molecular formula is C38H38Cl2N2O11. The fourth-order valence-electron chi connectivity index (χ4n) is 6.52. The van der Waals surface area contributed by atoms with Crippen LogP contribution >= 0.6 is 23.2 Å². The highest BCUT2D eigenvalue weighted by Crippen LogP contribution is 2.45. The maximum atomic E-state index is 9.10. The first kappa shape index (κ1) is 40.9. The zero-order valence-electron chi connectivity index (χ0n) is 28.2. The van der Waals surface area contributed by atoms with Crippen LogP contribution in [0.2, 0.25) is 10.0 Å². The van der Waals surface area contributed by atoms with Crippen LogP contribution in [0.25, 0.3) is 0 Å². The van der Waals surface area contributed by atoms with Gasteiger partial charge in [-0.05, 0) is 57.6 Å². The zero-order chi connectivity index (χ0) is 37.4. The van der Waals surface area contributed by atoms with Gasteiger partial charge in [0.05, 0.1) is 24.4 Å². The van der Waals surface area contributed by atoms with Crippen molar-refractivity contribution in [3.05, 3.63) is 140 Å². The third-order valence-electron chi connectivity index (χ3n) is 8.70. The van der Waals surface area contributed by atoms with Crippen molar-refractivity contribution >= 4 is 47.1 Å². The van der Waals surface area contributed by atoms with Crippen LogP contribution in [-0.2, 0) is 41.7 Å². The predicted octanol–water partition coefficient (Wildman–Crippen LogP) is 5.42. The minimum Gasteiger partial charge on any atom is -0.473 e. The second-order valence-corrected chi connectivity index (χ2v) is 13.2. The number of nitrogens with zero attached hydrogens (tertiary/aromatic N) is 2. The number of carbonyl (C=O) groups is 4. The average Bonchev–Trinajstić information content (AvgIpc) is 3.52. The quantitative estimate of drug-likeness (QED) is 0.192. The molecule has 2 saturated heterocycles. The Morgan fingerprint density at radius 3 is 1.11 bits per heavy atom.